The molecule has 0 saturated carbocycles. The topological polar surface area (TPSA) is 102 Å². The molecule has 1 saturated heterocycles. The maximum absolute atomic E-state index is 12.2. The van der Waals surface area contributed by atoms with E-state index in [1.807, 2.05) is 6.07 Å². The van der Waals surface area contributed by atoms with Crippen LogP contribution >= 0.6 is 0 Å². The molecule has 1 heterocycles. The lowest BCUT2D eigenvalue weighted by atomic mass is 10.2. The van der Waals surface area contributed by atoms with Crippen LogP contribution in [0.15, 0.2) is 42.5 Å². The summed E-state index contributed by atoms with van der Waals surface area (Å²) in [4.78, 5) is 36.2. The van der Waals surface area contributed by atoms with Crippen molar-refractivity contribution in [3.8, 4) is 5.75 Å². The highest BCUT2D eigenvalue weighted by Crippen LogP contribution is 2.28. The van der Waals surface area contributed by atoms with Gasteiger partial charge in [0.1, 0.15) is 0 Å². The van der Waals surface area contributed by atoms with E-state index in [1.165, 1.54) is 12.1 Å². The van der Waals surface area contributed by atoms with Crippen LogP contribution in [0, 0.1) is 17.0 Å². The normalized spacial score (nSPS) is 13.5. The minimum atomic E-state index is -0.552. The summed E-state index contributed by atoms with van der Waals surface area (Å²) in [5.41, 5.74) is 1.85. The highest BCUT2D eigenvalue weighted by atomic mass is 16.6. The van der Waals surface area contributed by atoms with Crippen molar-refractivity contribution in [1.82, 2.24) is 0 Å². The van der Waals surface area contributed by atoms with Gasteiger partial charge in [0.2, 0.25) is 5.91 Å². The van der Waals surface area contributed by atoms with E-state index in [9.17, 15) is 19.7 Å². The van der Waals surface area contributed by atoms with Crippen molar-refractivity contribution in [3.05, 3.63) is 58.1 Å². The summed E-state index contributed by atoms with van der Waals surface area (Å²) in [5, 5.41) is 13.7. The number of nitro benzene ring substituents is 1. The van der Waals surface area contributed by atoms with E-state index >= 15 is 0 Å². The summed E-state index contributed by atoms with van der Waals surface area (Å²) in [7, 11) is 0. The molecule has 2 amide bonds. The molecule has 1 aliphatic rings. The molecule has 8 nitrogen and oxygen atoms in total. The summed E-state index contributed by atoms with van der Waals surface area (Å²) in [6.45, 7) is 2.08. The first kappa shape index (κ1) is 18.4. The van der Waals surface area contributed by atoms with E-state index in [1.54, 1.807) is 36.1 Å². The number of hydrogen-bond donors (Lipinski definition) is 1. The van der Waals surface area contributed by atoms with Crippen LogP contribution in [-0.4, -0.2) is 29.9 Å². The number of anilines is 2. The zero-order chi connectivity index (χ0) is 19.4. The Bertz CT molecular complexity index is 897. The summed E-state index contributed by atoms with van der Waals surface area (Å²) in [6.07, 6.45) is 1.35. The lowest BCUT2D eigenvalue weighted by Gasteiger charge is -2.16. The molecule has 0 atom stereocenters. The number of rotatable bonds is 6. The van der Waals surface area contributed by atoms with Gasteiger partial charge in [-0.25, -0.2) is 0 Å². The number of nitro groups is 1. The van der Waals surface area contributed by atoms with Crippen molar-refractivity contribution < 1.29 is 19.2 Å². The zero-order valence-electron chi connectivity index (χ0n) is 14.8. The van der Waals surface area contributed by atoms with Crippen molar-refractivity contribution in [3.63, 3.8) is 0 Å². The highest BCUT2D eigenvalue weighted by Gasteiger charge is 2.22. The molecule has 0 aromatic heterocycles. The fourth-order valence-electron chi connectivity index (χ4n) is 2.90. The van der Waals surface area contributed by atoms with Crippen LogP contribution in [0.25, 0.3) is 0 Å². The number of hydrogen-bond acceptors (Lipinski definition) is 5. The quantitative estimate of drug-likeness (QED) is 0.623. The molecule has 0 bridgehead atoms. The molecule has 27 heavy (non-hydrogen) atoms. The lowest BCUT2D eigenvalue weighted by Crippen LogP contribution is -2.24. The molecule has 1 N–H and O–H groups in total. The number of nitrogens with one attached hydrogen (secondary N) is 1. The summed E-state index contributed by atoms with van der Waals surface area (Å²) in [5.74, 6) is -0.337. The summed E-state index contributed by atoms with van der Waals surface area (Å²) < 4.78 is 5.34. The molecular formula is C19H19N3O5. The first-order valence-electron chi connectivity index (χ1n) is 8.52. The van der Waals surface area contributed by atoms with Gasteiger partial charge in [0, 0.05) is 30.4 Å². The first-order valence-corrected chi connectivity index (χ1v) is 8.52. The van der Waals surface area contributed by atoms with E-state index in [2.05, 4.69) is 5.32 Å². The van der Waals surface area contributed by atoms with Crippen molar-refractivity contribution in [2.45, 2.75) is 19.8 Å². The van der Waals surface area contributed by atoms with Gasteiger partial charge in [-0.15, -0.1) is 0 Å². The Morgan fingerprint density at radius 1 is 1.30 bits per heavy atom. The van der Waals surface area contributed by atoms with Crippen LogP contribution in [0.3, 0.4) is 0 Å². The van der Waals surface area contributed by atoms with E-state index in [4.69, 9.17) is 4.74 Å². The number of carbonyl (C=O) groups is 2. The van der Waals surface area contributed by atoms with Gasteiger partial charge in [0.15, 0.2) is 12.4 Å². The highest BCUT2D eigenvalue weighted by molar-refractivity contribution is 5.97. The second kappa shape index (κ2) is 7.86. The molecule has 2 aromatic carbocycles. The van der Waals surface area contributed by atoms with E-state index in [0.717, 1.165) is 17.7 Å². The fraction of sp³-hybridized carbons (Fsp3) is 0.263. The van der Waals surface area contributed by atoms with Crippen LogP contribution in [0.5, 0.6) is 5.75 Å². The summed E-state index contributed by atoms with van der Waals surface area (Å²) in [6, 6.07) is 11.5. The molecule has 0 unspecified atom stereocenters. The molecule has 2 aromatic rings. The van der Waals surface area contributed by atoms with Gasteiger partial charge in [0.25, 0.3) is 5.91 Å². The van der Waals surface area contributed by atoms with Crippen LogP contribution < -0.4 is 15.0 Å². The van der Waals surface area contributed by atoms with Gasteiger partial charge in [-0.05, 0) is 43.2 Å². The Morgan fingerprint density at radius 3 is 2.81 bits per heavy atom. The third-order valence-electron chi connectivity index (χ3n) is 4.19. The van der Waals surface area contributed by atoms with Gasteiger partial charge in [-0.1, -0.05) is 12.1 Å². The molecule has 0 radical (unpaired) electrons. The predicted octanol–water partition coefficient (Wildman–Crippen LogP) is 3.05. The number of carbonyl (C=O) groups excluding carboxylic acids is 2. The molecule has 0 aliphatic carbocycles. The van der Waals surface area contributed by atoms with Crippen molar-refractivity contribution in [2.24, 2.45) is 0 Å². The third kappa shape index (κ3) is 4.41. The Morgan fingerprint density at radius 2 is 2.11 bits per heavy atom. The van der Waals surface area contributed by atoms with E-state index in [-0.39, 0.29) is 24.0 Å². The molecule has 0 spiro atoms. The number of aryl methyl sites for hydroxylation is 1. The average Bonchev–Trinajstić information content (AvgIpc) is 3.06. The average molecular weight is 369 g/mol. The van der Waals surface area contributed by atoms with Crippen LogP contribution in [0.2, 0.25) is 0 Å². The molecule has 8 heteroatoms. The number of benzene rings is 2. The SMILES string of the molecule is Cc1ccc([N+](=O)[O-])c(OCC(=O)Nc2cccc(N3CCCC3=O)c2)c1. The minimum absolute atomic E-state index is 0.0477. The van der Waals surface area contributed by atoms with Crippen LogP contribution in [0.4, 0.5) is 17.1 Å². The third-order valence-corrected chi connectivity index (χ3v) is 4.19. The second-order valence-electron chi connectivity index (χ2n) is 6.26. The predicted molar refractivity (Wildman–Crippen MR) is 100.0 cm³/mol. The van der Waals surface area contributed by atoms with Crippen molar-refractivity contribution in [2.75, 3.05) is 23.4 Å². The Hall–Kier alpha value is -3.42. The largest absolute Gasteiger partial charge is 0.477 e. The zero-order valence-corrected chi connectivity index (χ0v) is 14.8. The maximum Gasteiger partial charge on any atom is 0.310 e. The maximum atomic E-state index is 12.2. The summed E-state index contributed by atoms with van der Waals surface area (Å²) >= 11 is 0. The Kier molecular flexibility index (Phi) is 5.35. The van der Waals surface area contributed by atoms with Gasteiger partial charge in [-0.3, -0.25) is 19.7 Å². The smallest absolute Gasteiger partial charge is 0.310 e. The molecule has 1 aliphatic heterocycles. The molecule has 140 valence electrons. The van der Waals surface area contributed by atoms with Gasteiger partial charge in [0.05, 0.1) is 4.92 Å². The Labute approximate surface area is 155 Å². The van der Waals surface area contributed by atoms with E-state index in [0.29, 0.717) is 18.7 Å². The minimum Gasteiger partial charge on any atom is -0.477 e. The lowest BCUT2D eigenvalue weighted by molar-refractivity contribution is -0.385. The van der Waals surface area contributed by atoms with Crippen molar-refractivity contribution in [1.29, 1.82) is 0 Å². The molecule has 1 fully saturated rings. The first-order chi connectivity index (χ1) is 12.9. The van der Waals surface area contributed by atoms with Gasteiger partial charge >= 0.3 is 5.69 Å². The standard InChI is InChI=1S/C19H19N3O5/c1-13-7-8-16(22(25)26)17(10-13)27-12-18(23)20-14-4-2-5-15(11-14)21-9-3-6-19(21)24/h2,4-5,7-8,10-11H,3,6,9,12H2,1H3,(H,20,23). The van der Waals surface area contributed by atoms with E-state index < -0.39 is 10.8 Å². The Balaban J connectivity index is 1.64. The monoisotopic (exact) mass is 369 g/mol. The molecular weight excluding hydrogens is 350 g/mol. The van der Waals surface area contributed by atoms with Crippen LogP contribution in [0.1, 0.15) is 18.4 Å². The van der Waals surface area contributed by atoms with Crippen molar-refractivity contribution >= 4 is 28.9 Å². The number of ether oxygens (including phenoxy) is 1. The number of amides is 2. The molecule has 3 rings (SSSR count). The second-order valence-corrected chi connectivity index (χ2v) is 6.26. The fourth-order valence-corrected chi connectivity index (χ4v) is 2.90. The van der Waals surface area contributed by atoms with Gasteiger partial charge < -0.3 is 15.0 Å². The number of nitrogens with zero attached hydrogens (tertiary/aromatic N) is 2. The van der Waals surface area contributed by atoms with Gasteiger partial charge in [-0.2, -0.15) is 0 Å². The van der Waals surface area contributed by atoms with Crippen LogP contribution in [-0.2, 0) is 9.59 Å².